The molecule has 3 N–H and O–H groups in total. The Morgan fingerprint density at radius 1 is 1.43 bits per heavy atom. The number of benzene rings is 1. The highest BCUT2D eigenvalue weighted by Gasteiger charge is 2.04. The van der Waals surface area contributed by atoms with E-state index in [4.69, 9.17) is 5.73 Å². The van der Waals surface area contributed by atoms with Crippen molar-refractivity contribution in [2.45, 2.75) is 19.8 Å². The summed E-state index contributed by atoms with van der Waals surface area (Å²) in [6.45, 7) is 2.84. The van der Waals surface area contributed by atoms with E-state index in [2.05, 4.69) is 29.3 Å². The van der Waals surface area contributed by atoms with Crippen LogP contribution in [0.4, 0.5) is 0 Å². The highest BCUT2D eigenvalue weighted by molar-refractivity contribution is 5.82. The van der Waals surface area contributed by atoms with E-state index in [9.17, 15) is 0 Å². The number of hydrogen-bond acceptors (Lipinski definition) is 2. The van der Waals surface area contributed by atoms with E-state index >= 15 is 0 Å². The lowest BCUT2D eigenvalue weighted by atomic mass is 10.0. The number of nitrogens with one attached hydrogen (secondary N) is 1. The molecule has 0 aliphatic carbocycles. The van der Waals surface area contributed by atoms with Crippen LogP contribution in [0.15, 0.2) is 18.3 Å². The summed E-state index contributed by atoms with van der Waals surface area (Å²) >= 11 is 0. The molecule has 0 saturated heterocycles. The lowest BCUT2D eigenvalue weighted by molar-refractivity contribution is 0.971. The van der Waals surface area contributed by atoms with Crippen LogP contribution in [-0.4, -0.2) is 16.7 Å². The number of rotatable bonds is 3. The van der Waals surface area contributed by atoms with Gasteiger partial charge in [0.2, 0.25) is 0 Å². The van der Waals surface area contributed by atoms with Gasteiger partial charge in [-0.05, 0) is 36.6 Å². The Bertz CT molecular complexity index is 431. The van der Waals surface area contributed by atoms with Gasteiger partial charge in [0.1, 0.15) is 0 Å². The zero-order valence-corrected chi connectivity index (χ0v) is 8.38. The third-order valence-corrected chi connectivity index (χ3v) is 2.53. The molecule has 2 aromatic rings. The normalized spacial score (nSPS) is 11.0. The zero-order chi connectivity index (χ0) is 9.97. The SMILES string of the molecule is CCc1cc(CCN)c2cn[nH]c2c1. The Morgan fingerprint density at radius 3 is 3.00 bits per heavy atom. The molecule has 0 spiro atoms. The Hall–Kier alpha value is -1.35. The van der Waals surface area contributed by atoms with Gasteiger partial charge in [0.25, 0.3) is 0 Å². The molecule has 0 saturated carbocycles. The van der Waals surface area contributed by atoms with Crippen LogP contribution in [0.2, 0.25) is 0 Å². The van der Waals surface area contributed by atoms with Gasteiger partial charge in [0.05, 0.1) is 11.7 Å². The average Bonchev–Trinajstić information content (AvgIpc) is 2.66. The molecule has 0 unspecified atom stereocenters. The van der Waals surface area contributed by atoms with Crippen LogP contribution in [0.3, 0.4) is 0 Å². The van der Waals surface area contributed by atoms with Gasteiger partial charge in [-0.25, -0.2) is 0 Å². The monoisotopic (exact) mass is 189 g/mol. The predicted molar refractivity (Wildman–Crippen MR) is 58.2 cm³/mol. The van der Waals surface area contributed by atoms with Crippen LogP contribution in [0.1, 0.15) is 18.1 Å². The quantitative estimate of drug-likeness (QED) is 0.771. The highest BCUT2D eigenvalue weighted by Crippen LogP contribution is 2.19. The van der Waals surface area contributed by atoms with Crippen LogP contribution in [0.5, 0.6) is 0 Å². The van der Waals surface area contributed by atoms with Gasteiger partial charge in [0, 0.05) is 5.39 Å². The van der Waals surface area contributed by atoms with E-state index in [0.29, 0.717) is 6.54 Å². The molecule has 2 rings (SSSR count). The van der Waals surface area contributed by atoms with Crippen molar-refractivity contribution in [3.8, 4) is 0 Å². The average molecular weight is 189 g/mol. The van der Waals surface area contributed by atoms with Crippen molar-refractivity contribution in [2.24, 2.45) is 5.73 Å². The van der Waals surface area contributed by atoms with Crippen molar-refractivity contribution in [2.75, 3.05) is 6.54 Å². The summed E-state index contributed by atoms with van der Waals surface area (Å²) in [5.74, 6) is 0. The molecule has 0 aliphatic heterocycles. The predicted octanol–water partition coefficient (Wildman–Crippen LogP) is 1.63. The molecule has 0 amide bonds. The molecule has 3 heteroatoms. The summed E-state index contributed by atoms with van der Waals surface area (Å²) in [5.41, 5.74) is 9.34. The summed E-state index contributed by atoms with van der Waals surface area (Å²) in [4.78, 5) is 0. The van der Waals surface area contributed by atoms with Crippen LogP contribution < -0.4 is 5.73 Å². The summed E-state index contributed by atoms with van der Waals surface area (Å²) in [5, 5.41) is 8.26. The number of nitrogens with two attached hydrogens (primary N) is 1. The van der Waals surface area contributed by atoms with Gasteiger partial charge in [-0.3, -0.25) is 5.10 Å². The Balaban J connectivity index is 2.58. The molecular weight excluding hydrogens is 174 g/mol. The summed E-state index contributed by atoms with van der Waals surface area (Å²) in [6, 6.07) is 4.38. The maximum absolute atomic E-state index is 5.58. The maximum atomic E-state index is 5.58. The number of aryl methyl sites for hydroxylation is 1. The van der Waals surface area contributed by atoms with Gasteiger partial charge in [0.15, 0.2) is 0 Å². The van der Waals surface area contributed by atoms with Crippen molar-refractivity contribution in [3.63, 3.8) is 0 Å². The lowest BCUT2D eigenvalue weighted by Gasteiger charge is -2.04. The molecule has 3 nitrogen and oxygen atoms in total. The Kier molecular flexibility index (Phi) is 2.50. The number of H-pyrrole nitrogens is 1. The van der Waals surface area contributed by atoms with E-state index in [-0.39, 0.29) is 0 Å². The molecule has 0 radical (unpaired) electrons. The first-order valence-electron chi connectivity index (χ1n) is 5.00. The summed E-state index contributed by atoms with van der Waals surface area (Å²) in [7, 11) is 0. The van der Waals surface area contributed by atoms with Gasteiger partial charge >= 0.3 is 0 Å². The molecule has 0 atom stereocenters. The van der Waals surface area contributed by atoms with Crippen molar-refractivity contribution < 1.29 is 0 Å². The second kappa shape index (κ2) is 3.80. The third-order valence-electron chi connectivity index (χ3n) is 2.53. The largest absolute Gasteiger partial charge is 0.330 e. The maximum Gasteiger partial charge on any atom is 0.0655 e. The number of aromatic amines is 1. The van der Waals surface area contributed by atoms with E-state index < -0.39 is 0 Å². The van der Waals surface area contributed by atoms with Crippen LogP contribution in [0, 0.1) is 0 Å². The molecule has 74 valence electrons. The summed E-state index contributed by atoms with van der Waals surface area (Å²) < 4.78 is 0. The molecule has 1 aromatic heterocycles. The number of hydrogen-bond donors (Lipinski definition) is 2. The minimum Gasteiger partial charge on any atom is -0.330 e. The van der Waals surface area contributed by atoms with Crippen molar-refractivity contribution in [1.29, 1.82) is 0 Å². The highest BCUT2D eigenvalue weighted by atomic mass is 15.1. The van der Waals surface area contributed by atoms with E-state index in [1.807, 2.05) is 6.20 Å². The smallest absolute Gasteiger partial charge is 0.0655 e. The van der Waals surface area contributed by atoms with Gasteiger partial charge < -0.3 is 5.73 Å². The van der Waals surface area contributed by atoms with Crippen molar-refractivity contribution in [1.82, 2.24) is 10.2 Å². The molecule has 0 bridgehead atoms. The molecular formula is C11H15N3. The second-order valence-electron chi connectivity index (χ2n) is 3.48. The second-order valence-corrected chi connectivity index (χ2v) is 3.48. The van der Waals surface area contributed by atoms with Crippen molar-refractivity contribution >= 4 is 10.9 Å². The van der Waals surface area contributed by atoms with Crippen LogP contribution >= 0.6 is 0 Å². The number of fused-ring (bicyclic) bond motifs is 1. The number of nitrogens with zero attached hydrogens (tertiary/aromatic N) is 1. The molecule has 0 aliphatic rings. The van der Waals surface area contributed by atoms with Crippen LogP contribution in [0.25, 0.3) is 10.9 Å². The van der Waals surface area contributed by atoms with Crippen LogP contribution in [-0.2, 0) is 12.8 Å². The van der Waals surface area contributed by atoms with Gasteiger partial charge in [-0.1, -0.05) is 13.0 Å². The molecule has 0 fully saturated rings. The summed E-state index contributed by atoms with van der Waals surface area (Å²) in [6.07, 6.45) is 3.84. The number of aromatic nitrogens is 2. The standard InChI is InChI=1S/C11H15N3/c1-2-8-5-9(3-4-12)10-7-13-14-11(10)6-8/h5-7H,2-4,12H2,1H3,(H,13,14). The first kappa shape index (κ1) is 9.21. The molecule has 1 aromatic carbocycles. The first-order valence-corrected chi connectivity index (χ1v) is 5.00. The first-order chi connectivity index (χ1) is 6.85. The van der Waals surface area contributed by atoms with E-state index in [1.54, 1.807) is 0 Å². The van der Waals surface area contributed by atoms with Gasteiger partial charge in [-0.15, -0.1) is 0 Å². The van der Waals surface area contributed by atoms with Gasteiger partial charge in [-0.2, -0.15) is 5.10 Å². The minimum absolute atomic E-state index is 0.688. The fraction of sp³-hybridized carbons (Fsp3) is 0.364. The fourth-order valence-corrected chi connectivity index (χ4v) is 1.76. The minimum atomic E-state index is 0.688. The topological polar surface area (TPSA) is 54.7 Å². The third kappa shape index (κ3) is 1.51. The van der Waals surface area contributed by atoms with Crippen molar-refractivity contribution in [3.05, 3.63) is 29.5 Å². The van der Waals surface area contributed by atoms with E-state index in [1.165, 1.54) is 16.5 Å². The fourth-order valence-electron chi connectivity index (χ4n) is 1.76. The molecule has 1 heterocycles. The molecule has 14 heavy (non-hydrogen) atoms. The Morgan fingerprint density at radius 2 is 2.29 bits per heavy atom. The lowest BCUT2D eigenvalue weighted by Crippen LogP contribution is -2.03. The Labute approximate surface area is 83.3 Å². The van der Waals surface area contributed by atoms with E-state index in [0.717, 1.165) is 18.4 Å². The zero-order valence-electron chi connectivity index (χ0n) is 8.38.